The largest absolute Gasteiger partial charge is 0.466 e. The molecule has 0 saturated carbocycles. The Morgan fingerprint density at radius 1 is 1.03 bits per heavy atom. The minimum Gasteiger partial charge on any atom is -0.466 e. The van der Waals surface area contributed by atoms with Crippen molar-refractivity contribution in [3.05, 3.63) is 71.4 Å². The van der Waals surface area contributed by atoms with Crippen LogP contribution in [0.4, 0.5) is 0 Å². The minimum atomic E-state index is -0.562. The lowest BCUT2D eigenvalue weighted by Gasteiger charge is -2.29. The van der Waals surface area contributed by atoms with Crippen LogP contribution in [-0.4, -0.2) is 34.5 Å². The van der Waals surface area contributed by atoms with Crippen molar-refractivity contribution in [3.63, 3.8) is 0 Å². The molecule has 0 N–H and O–H groups in total. The van der Waals surface area contributed by atoms with Gasteiger partial charge in [0.2, 0.25) is 5.91 Å². The van der Waals surface area contributed by atoms with Gasteiger partial charge in [0.05, 0.1) is 18.6 Å². The van der Waals surface area contributed by atoms with E-state index in [0.29, 0.717) is 32.4 Å². The zero-order valence-electron chi connectivity index (χ0n) is 20.0. The van der Waals surface area contributed by atoms with E-state index < -0.39 is 5.41 Å². The third-order valence-electron chi connectivity index (χ3n) is 6.72. The average Bonchev–Trinajstić information content (AvgIpc) is 3.13. The number of aromatic nitrogens is 1. The molecule has 3 aromatic rings. The van der Waals surface area contributed by atoms with E-state index in [2.05, 4.69) is 53.1 Å². The molecular formula is C28H34N2O3. The summed E-state index contributed by atoms with van der Waals surface area (Å²) in [5.41, 5.74) is 4.54. The van der Waals surface area contributed by atoms with E-state index in [0.717, 1.165) is 19.5 Å². The van der Waals surface area contributed by atoms with E-state index in [1.807, 2.05) is 31.7 Å². The first-order valence-corrected chi connectivity index (χ1v) is 12.0. The smallest absolute Gasteiger partial charge is 0.311 e. The number of esters is 1. The molecule has 1 aliphatic rings. The lowest BCUT2D eigenvalue weighted by atomic mass is 9.87. The molecule has 5 nitrogen and oxygen atoms in total. The molecule has 4 rings (SSSR count). The number of fused-ring (bicyclic) bond motifs is 3. The van der Waals surface area contributed by atoms with Crippen molar-refractivity contribution in [2.24, 2.45) is 5.41 Å². The first-order valence-electron chi connectivity index (χ1n) is 12.0. The van der Waals surface area contributed by atoms with Crippen LogP contribution in [0, 0.1) is 5.41 Å². The Kier molecular flexibility index (Phi) is 6.87. The van der Waals surface area contributed by atoms with Crippen molar-refractivity contribution in [2.75, 3.05) is 13.2 Å². The second-order valence-electron chi connectivity index (χ2n) is 9.54. The van der Waals surface area contributed by atoms with Crippen LogP contribution < -0.4 is 0 Å². The zero-order valence-corrected chi connectivity index (χ0v) is 20.0. The fourth-order valence-electron chi connectivity index (χ4n) is 4.82. The normalized spacial score (nSPS) is 13.7. The van der Waals surface area contributed by atoms with Crippen molar-refractivity contribution in [1.82, 2.24) is 9.47 Å². The Balaban J connectivity index is 1.48. The molecule has 0 bridgehead atoms. The molecule has 1 amide bonds. The average molecular weight is 447 g/mol. The molecule has 0 fully saturated rings. The highest BCUT2D eigenvalue weighted by Gasteiger charge is 2.30. The maximum Gasteiger partial charge on any atom is 0.311 e. The molecule has 33 heavy (non-hydrogen) atoms. The molecule has 5 heteroatoms. The minimum absolute atomic E-state index is 0.164. The van der Waals surface area contributed by atoms with E-state index in [9.17, 15) is 9.59 Å². The van der Waals surface area contributed by atoms with Gasteiger partial charge in [0.25, 0.3) is 0 Å². The molecule has 0 atom stereocenters. The van der Waals surface area contributed by atoms with Gasteiger partial charge in [-0.05, 0) is 57.2 Å². The molecule has 0 spiro atoms. The number of rotatable bonds is 8. The predicted octanol–water partition coefficient (Wildman–Crippen LogP) is 5.33. The summed E-state index contributed by atoms with van der Waals surface area (Å²) in [5.74, 6) is -0.0256. The van der Waals surface area contributed by atoms with Crippen molar-refractivity contribution in [2.45, 2.75) is 59.5 Å². The lowest BCUT2D eigenvalue weighted by molar-refractivity contribution is -0.154. The van der Waals surface area contributed by atoms with Gasteiger partial charge in [-0.3, -0.25) is 9.59 Å². The van der Waals surface area contributed by atoms with Crippen molar-refractivity contribution >= 4 is 22.8 Å². The van der Waals surface area contributed by atoms with Crippen LogP contribution in [0.3, 0.4) is 0 Å². The fraction of sp³-hybridized carbons (Fsp3) is 0.429. The van der Waals surface area contributed by atoms with Gasteiger partial charge in [0.1, 0.15) is 0 Å². The van der Waals surface area contributed by atoms with Crippen LogP contribution in [0.2, 0.25) is 0 Å². The number of carbonyl (C=O) groups is 2. The Morgan fingerprint density at radius 3 is 2.52 bits per heavy atom. The number of benzene rings is 2. The second-order valence-corrected chi connectivity index (χ2v) is 9.54. The molecule has 0 unspecified atom stereocenters. The summed E-state index contributed by atoms with van der Waals surface area (Å²) in [6.45, 7) is 8.17. The van der Waals surface area contributed by atoms with E-state index >= 15 is 0 Å². The molecule has 0 saturated heterocycles. The summed E-state index contributed by atoms with van der Waals surface area (Å²) < 4.78 is 7.55. The third-order valence-corrected chi connectivity index (χ3v) is 6.72. The molecule has 174 valence electrons. The molecule has 1 aliphatic heterocycles. The molecule has 2 aromatic carbocycles. The standard InChI is InChI=1S/C28H34N2O3/c1-4-33-27(32)28(2,3)17-10-15-26(31)29-18-16-23-22-13-8-9-14-24(22)30(25(23)20-29)19-21-11-6-5-7-12-21/h5-9,11-14H,4,10,15-20H2,1-3H3. The van der Waals surface area contributed by atoms with Gasteiger partial charge in [0.15, 0.2) is 0 Å². The van der Waals surface area contributed by atoms with Crippen LogP contribution in [0.15, 0.2) is 54.6 Å². The number of hydrogen-bond acceptors (Lipinski definition) is 3. The van der Waals surface area contributed by atoms with Crippen LogP contribution in [0.1, 0.15) is 56.9 Å². The topological polar surface area (TPSA) is 51.5 Å². The number of carbonyl (C=O) groups excluding carboxylic acids is 2. The number of para-hydroxylation sites is 1. The van der Waals surface area contributed by atoms with Crippen molar-refractivity contribution in [1.29, 1.82) is 0 Å². The van der Waals surface area contributed by atoms with Gasteiger partial charge in [-0.25, -0.2) is 0 Å². The van der Waals surface area contributed by atoms with Crippen LogP contribution in [-0.2, 0) is 33.8 Å². The van der Waals surface area contributed by atoms with Gasteiger partial charge >= 0.3 is 5.97 Å². The molecule has 0 radical (unpaired) electrons. The molecular weight excluding hydrogens is 412 g/mol. The first kappa shape index (κ1) is 23.1. The van der Waals surface area contributed by atoms with E-state index in [1.165, 1.54) is 27.7 Å². The molecule has 0 aliphatic carbocycles. The Morgan fingerprint density at radius 2 is 1.76 bits per heavy atom. The van der Waals surface area contributed by atoms with Crippen LogP contribution in [0.25, 0.3) is 10.9 Å². The van der Waals surface area contributed by atoms with Crippen LogP contribution in [0.5, 0.6) is 0 Å². The quantitative estimate of drug-likeness (QED) is 0.439. The Hall–Kier alpha value is -3.08. The van der Waals surface area contributed by atoms with Gasteiger partial charge in [-0.2, -0.15) is 0 Å². The second kappa shape index (κ2) is 9.82. The van der Waals surface area contributed by atoms with Crippen molar-refractivity contribution in [3.8, 4) is 0 Å². The van der Waals surface area contributed by atoms with Crippen molar-refractivity contribution < 1.29 is 14.3 Å². The number of hydrogen-bond donors (Lipinski definition) is 0. The van der Waals surface area contributed by atoms with Gasteiger partial charge in [0, 0.05) is 36.1 Å². The molecule has 1 aromatic heterocycles. The Labute approximate surface area is 196 Å². The van der Waals surface area contributed by atoms with Gasteiger partial charge in [-0.1, -0.05) is 48.5 Å². The van der Waals surface area contributed by atoms with E-state index in [4.69, 9.17) is 4.74 Å². The summed E-state index contributed by atoms with van der Waals surface area (Å²) in [6.07, 6.45) is 2.65. The summed E-state index contributed by atoms with van der Waals surface area (Å²) in [6, 6.07) is 19.0. The highest BCUT2D eigenvalue weighted by Crippen LogP contribution is 2.32. The zero-order chi connectivity index (χ0) is 23.4. The maximum absolute atomic E-state index is 13.1. The first-order chi connectivity index (χ1) is 15.9. The molecule has 2 heterocycles. The Bertz CT molecular complexity index is 1130. The number of ether oxygens (including phenoxy) is 1. The summed E-state index contributed by atoms with van der Waals surface area (Å²) in [7, 11) is 0. The third kappa shape index (κ3) is 4.97. The predicted molar refractivity (Wildman–Crippen MR) is 131 cm³/mol. The highest BCUT2D eigenvalue weighted by molar-refractivity contribution is 5.87. The van der Waals surface area contributed by atoms with E-state index in [-0.39, 0.29) is 11.9 Å². The van der Waals surface area contributed by atoms with Gasteiger partial charge < -0.3 is 14.2 Å². The summed E-state index contributed by atoms with van der Waals surface area (Å²) >= 11 is 0. The summed E-state index contributed by atoms with van der Waals surface area (Å²) in [4.78, 5) is 27.2. The van der Waals surface area contributed by atoms with Crippen LogP contribution >= 0.6 is 0 Å². The maximum atomic E-state index is 13.1. The number of amides is 1. The van der Waals surface area contributed by atoms with E-state index in [1.54, 1.807) is 0 Å². The summed E-state index contributed by atoms with van der Waals surface area (Å²) in [5, 5.41) is 1.30. The highest BCUT2D eigenvalue weighted by atomic mass is 16.5. The fourth-order valence-corrected chi connectivity index (χ4v) is 4.82. The number of nitrogens with zero attached hydrogens (tertiary/aromatic N) is 2. The SMILES string of the molecule is CCOC(=O)C(C)(C)CCCC(=O)N1CCc2c(n(Cc3ccccc3)c3ccccc23)C1. The monoisotopic (exact) mass is 446 g/mol. The lowest BCUT2D eigenvalue weighted by Crippen LogP contribution is -2.37. The van der Waals surface area contributed by atoms with Gasteiger partial charge in [-0.15, -0.1) is 0 Å².